The zero-order valence-electron chi connectivity index (χ0n) is 22.3. The Morgan fingerprint density at radius 3 is 2.28 bits per heavy atom. The molecule has 1 heterocycles. The number of ether oxygens (including phenoxy) is 4. The van der Waals surface area contributed by atoms with Crippen molar-refractivity contribution in [2.24, 2.45) is 5.73 Å². The molecule has 3 N–H and O–H groups in total. The van der Waals surface area contributed by atoms with Gasteiger partial charge in [0.15, 0.2) is 17.2 Å². The van der Waals surface area contributed by atoms with E-state index in [2.05, 4.69) is 9.72 Å². The monoisotopic (exact) mass is 544 g/mol. The van der Waals surface area contributed by atoms with E-state index in [4.69, 9.17) is 25.1 Å². The van der Waals surface area contributed by atoms with E-state index in [1.807, 2.05) is 37.3 Å². The first-order valence-corrected chi connectivity index (χ1v) is 11.8. The summed E-state index contributed by atoms with van der Waals surface area (Å²) in [5.74, 6) is -1.52. The standard InChI is InChI=1S/C12H16O2.C10H12N2O5.C6H5FO/c1-3-12(13)14-10(2)9-11-7-5-4-6-8-11;1-6(13)16-5-17-9-7(15-2)3-4-12-8(9)10(11)14;7-5-2-1-3-6(8)4-5/h4-8,10H,3,9H2,1-2H3;3-4H,5H2,1-2H3,(H2,11,14);1-4,8H. The second-order valence-corrected chi connectivity index (χ2v) is 7.78. The van der Waals surface area contributed by atoms with Crippen molar-refractivity contribution < 1.29 is 42.8 Å². The zero-order chi connectivity index (χ0) is 29.2. The first-order chi connectivity index (χ1) is 18.6. The van der Waals surface area contributed by atoms with Crippen LogP contribution in [0.25, 0.3) is 0 Å². The second kappa shape index (κ2) is 17.7. The molecule has 210 valence electrons. The lowest BCUT2D eigenvalue weighted by Gasteiger charge is -2.12. The van der Waals surface area contributed by atoms with Gasteiger partial charge in [-0.25, -0.2) is 9.37 Å². The average molecular weight is 545 g/mol. The Balaban J connectivity index is 0.000000310. The topological polar surface area (TPSA) is 147 Å². The minimum absolute atomic E-state index is 0.0370. The fourth-order valence-corrected chi connectivity index (χ4v) is 2.85. The molecule has 10 nitrogen and oxygen atoms in total. The third kappa shape index (κ3) is 13.4. The molecule has 3 aromatic rings. The molecule has 1 unspecified atom stereocenters. The molecule has 0 spiro atoms. The molecule has 2 aromatic carbocycles. The van der Waals surface area contributed by atoms with Crippen LogP contribution in [0.2, 0.25) is 0 Å². The summed E-state index contributed by atoms with van der Waals surface area (Å²) in [5.41, 5.74) is 6.24. The van der Waals surface area contributed by atoms with Gasteiger partial charge >= 0.3 is 11.9 Å². The highest BCUT2D eigenvalue weighted by atomic mass is 19.1. The van der Waals surface area contributed by atoms with Gasteiger partial charge in [0.2, 0.25) is 6.79 Å². The highest BCUT2D eigenvalue weighted by molar-refractivity contribution is 5.94. The number of carbonyl (C=O) groups is 3. The Hall–Kier alpha value is -4.67. The molecule has 0 aliphatic rings. The van der Waals surface area contributed by atoms with Crippen LogP contribution in [-0.4, -0.2) is 47.9 Å². The molecule has 1 atom stereocenters. The number of phenolic OH excluding ortho intramolecular Hbond substituents is 1. The number of halogens is 1. The number of benzene rings is 2. The van der Waals surface area contributed by atoms with E-state index in [1.165, 1.54) is 50.1 Å². The highest BCUT2D eigenvalue weighted by Gasteiger charge is 2.16. The number of aromatic nitrogens is 1. The number of carbonyl (C=O) groups excluding carboxylic acids is 3. The summed E-state index contributed by atoms with van der Waals surface area (Å²) in [6, 6.07) is 16.7. The summed E-state index contributed by atoms with van der Waals surface area (Å²) < 4.78 is 31.8. The Bertz CT molecular complexity index is 1170. The van der Waals surface area contributed by atoms with Crippen molar-refractivity contribution in [1.82, 2.24) is 4.98 Å². The number of phenols is 1. The van der Waals surface area contributed by atoms with Crippen LogP contribution in [0.4, 0.5) is 4.39 Å². The van der Waals surface area contributed by atoms with E-state index in [9.17, 15) is 18.8 Å². The van der Waals surface area contributed by atoms with Gasteiger partial charge < -0.3 is 29.8 Å². The fraction of sp³-hybridized carbons (Fsp3) is 0.286. The van der Waals surface area contributed by atoms with Gasteiger partial charge in [0.05, 0.1) is 7.11 Å². The van der Waals surface area contributed by atoms with E-state index in [-0.39, 0.29) is 41.8 Å². The van der Waals surface area contributed by atoms with Gasteiger partial charge in [-0.15, -0.1) is 0 Å². The van der Waals surface area contributed by atoms with Crippen LogP contribution in [0.1, 0.15) is 43.2 Å². The van der Waals surface area contributed by atoms with Gasteiger partial charge in [-0.05, 0) is 24.6 Å². The van der Waals surface area contributed by atoms with Crippen LogP contribution in [0, 0.1) is 5.82 Å². The number of methoxy groups -OCH3 is 1. The predicted molar refractivity (Wildman–Crippen MR) is 141 cm³/mol. The van der Waals surface area contributed by atoms with E-state index in [1.54, 1.807) is 6.92 Å². The summed E-state index contributed by atoms with van der Waals surface area (Å²) in [4.78, 5) is 36.4. The molecule has 3 rings (SSSR count). The number of nitrogens with two attached hydrogens (primary N) is 1. The first kappa shape index (κ1) is 32.4. The van der Waals surface area contributed by atoms with Crippen LogP contribution in [0.5, 0.6) is 17.2 Å². The summed E-state index contributed by atoms with van der Waals surface area (Å²) in [6.07, 6.45) is 2.55. The lowest BCUT2D eigenvalue weighted by Crippen LogP contribution is -2.17. The number of hydrogen-bond donors (Lipinski definition) is 2. The number of pyridine rings is 1. The average Bonchev–Trinajstić information content (AvgIpc) is 2.89. The molecule has 1 aromatic heterocycles. The SMILES string of the molecule is CCC(=O)OC(C)Cc1ccccc1.COc1ccnc(C(N)=O)c1OCOC(C)=O.Oc1cccc(F)c1. The van der Waals surface area contributed by atoms with Gasteiger partial charge in [0, 0.05) is 38.1 Å². The van der Waals surface area contributed by atoms with Gasteiger partial charge in [-0.2, -0.15) is 0 Å². The Kier molecular flexibility index (Phi) is 14.7. The molecule has 0 aliphatic heterocycles. The lowest BCUT2D eigenvalue weighted by atomic mass is 10.1. The summed E-state index contributed by atoms with van der Waals surface area (Å²) in [5, 5.41) is 8.57. The quantitative estimate of drug-likeness (QED) is 0.299. The summed E-state index contributed by atoms with van der Waals surface area (Å²) in [7, 11) is 1.40. The second-order valence-electron chi connectivity index (χ2n) is 7.78. The molecule has 0 saturated heterocycles. The van der Waals surface area contributed by atoms with E-state index in [0.717, 1.165) is 12.5 Å². The maximum absolute atomic E-state index is 12.0. The van der Waals surface area contributed by atoms with E-state index < -0.39 is 17.7 Å². The number of primary amides is 1. The molecule has 0 radical (unpaired) electrons. The number of esters is 2. The minimum atomic E-state index is -0.762. The van der Waals surface area contributed by atoms with Crippen LogP contribution in [-0.2, 0) is 25.5 Å². The molecular formula is C28H33FN2O8. The van der Waals surface area contributed by atoms with Crippen LogP contribution in [0.15, 0.2) is 66.9 Å². The third-order valence-electron chi connectivity index (χ3n) is 4.58. The molecule has 0 bridgehead atoms. The Labute approximate surface area is 226 Å². The van der Waals surface area contributed by atoms with Gasteiger partial charge in [0.1, 0.15) is 17.7 Å². The summed E-state index contributed by atoms with van der Waals surface area (Å²) >= 11 is 0. The van der Waals surface area contributed by atoms with Crippen LogP contribution in [0.3, 0.4) is 0 Å². The highest BCUT2D eigenvalue weighted by Crippen LogP contribution is 2.29. The Morgan fingerprint density at radius 2 is 1.77 bits per heavy atom. The molecule has 0 aliphatic carbocycles. The number of amides is 1. The number of hydrogen-bond acceptors (Lipinski definition) is 9. The van der Waals surface area contributed by atoms with E-state index >= 15 is 0 Å². The van der Waals surface area contributed by atoms with Crippen molar-refractivity contribution in [2.45, 2.75) is 39.7 Å². The molecule has 0 saturated carbocycles. The van der Waals surface area contributed by atoms with Crippen molar-refractivity contribution >= 4 is 17.8 Å². The van der Waals surface area contributed by atoms with Crippen molar-refractivity contribution in [2.75, 3.05) is 13.9 Å². The number of rotatable bonds is 9. The maximum Gasteiger partial charge on any atom is 0.305 e. The molecule has 39 heavy (non-hydrogen) atoms. The van der Waals surface area contributed by atoms with Crippen molar-refractivity contribution in [3.8, 4) is 17.2 Å². The predicted octanol–water partition coefficient (Wildman–Crippen LogP) is 4.19. The van der Waals surface area contributed by atoms with Crippen molar-refractivity contribution in [1.29, 1.82) is 0 Å². The van der Waals surface area contributed by atoms with Crippen LogP contribution < -0.4 is 15.2 Å². The van der Waals surface area contributed by atoms with Crippen LogP contribution >= 0.6 is 0 Å². The third-order valence-corrected chi connectivity index (χ3v) is 4.58. The summed E-state index contributed by atoms with van der Waals surface area (Å²) in [6.45, 7) is 4.61. The van der Waals surface area contributed by atoms with Crippen molar-refractivity contribution in [3.05, 3.63) is 83.9 Å². The number of aromatic hydroxyl groups is 1. The fourth-order valence-electron chi connectivity index (χ4n) is 2.85. The van der Waals surface area contributed by atoms with Crippen molar-refractivity contribution in [3.63, 3.8) is 0 Å². The van der Waals surface area contributed by atoms with Gasteiger partial charge in [-0.3, -0.25) is 14.4 Å². The smallest absolute Gasteiger partial charge is 0.305 e. The molecular weight excluding hydrogens is 511 g/mol. The Morgan fingerprint density at radius 1 is 1.08 bits per heavy atom. The van der Waals surface area contributed by atoms with Gasteiger partial charge in [0.25, 0.3) is 5.91 Å². The molecule has 1 amide bonds. The first-order valence-electron chi connectivity index (χ1n) is 11.8. The van der Waals surface area contributed by atoms with Gasteiger partial charge in [-0.1, -0.05) is 43.3 Å². The normalized spacial score (nSPS) is 10.4. The minimum Gasteiger partial charge on any atom is -0.508 e. The maximum atomic E-state index is 12.0. The van der Waals surface area contributed by atoms with E-state index in [0.29, 0.717) is 6.42 Å². The lowest BCUT2D eigenvalue weighted by molar-refractivity contribution is -0.148. The number of nitrogens with zero attached hydrogens (tertiary/aromatic N) is 1. The zero-order valence-corrected chi connectivity index (χ0v) is 22.3. The molecule has 0 fully saturated rings. The largest absolute Gasteiger partial charge is 0.508 e. The molecule has 11 heteroatoms.